The van der Waals surface area contributed by atoms with E-state index in [1.54, 1.807) is 0 Å². The molecule has 14 heteroatoms. The Morgan fingerprint density at radius 1 is 1.12 bits per heavy atom. The van der Waals surface area contributed by atoms with Gasteiger partial charge in [0.05, 0.1) is 30.5 Å². The normalized spacial score (nSPS) is 28.9. The minimum atomic E-state index is -1.02. The predicted octanol–water partition coefficient (Wildman–Crippen LogP) is 2.94. The molecule has 2 unspecified atom stereocenters. The first-order valence-electron chi connectivity index (χ1n) is 16.3. The van der Waals surface area contributed by atoms with E-state index in [1.807, 2.05) is 38.8 Å². The highest BCUT2D eigenvalue weighted by Crippen LogP contribution is 2.63. The van der Waals surface area contributed by atoms with Crippen molar-refractivity contribution in [2.24, 2.45) is 0 Å². The van der Waals surface area contributed by atoms with Crippen LogP contribution in [0.15, 0.2) is 6.07 Å². The standard InChI is InChI=1S/C34H41N3O10S/c1-7-8-21(39)35-18-12-48-32-24-23(31-30(45-13-46-31)15(3)29(24)47-16(4)38)20(11-44-34(18)42)37-26(32)25-22-17(10-19(33(37)41)36(25)5)9-14(2)28(43-6)27(22)40/h9,18-20,25-26,32-33,40-41H,7-8,10-13H2,1-6H3,(H,35,39)/t18?,19-,20-,25+,26?,32+,33-/m0/s1. The molecule has 7 atom stereocenters. The molecule has 4 bridgehead atoms. The zero-order chi connectivity index (χ0) is 34.2. The summed E-state index contributed by atoms with van der Waals surface area (Å²) in [5.74, 6) is 0.395. The van der Waals surface area contributed by atoms with Gasteiger partial charge >= 0.3 is 11.9 Å². The number of piperazine rings is 1. The summed E-state index contributed by atoms with van der Waals surface area (Å²) < 4.78 is 29.6. The van der Waals surface area contributed by atoms with Gasteiger partial charge in [-0.05, 0) is 44.9 Å². The molecule has 8 rings (SSSR count). The maximum Gasteiger partial charge on any atom is 0.329 e. The van der Waals surface area contributed by atoms with Crippen LogP contribution in [0.3, 0.4) is 0 Å². The summed E-state index contributed by atoms with van der Waals surface area (Å²) in [6, 6.07) is -1.07. The van der Waals surface area contributed by atoms with Crippen LogP contribution in [-0.2, 0) is 25.5 Å². The predicted molar refractivity (Wildman–Crippen MR) is 173 cm³/mol. The fourth-order valence-electron chi connectivity index (χ4n) is 8.37. The molecule has 258 valence electrons. The number of esters is 2. The third-order valence-electron chi connectivity index (χ3n) is 10.3. The van der Waals surface area contributed by atoms with Crippen LogP contribution >= 0.6 is 11.8 Å². The van der Waals surface area contributed by atoms with Gasteiger partial charge < -0.3 is 39.2 Å². The zero-order valence-corrected chi connectivity index (χ0v) is 28.6. The van der Waals surface area contributed by atoms with Crippen molar-refractivity contribution >= 4 is 29.6 Å². The van der Waals surface area contributed by atoms with Gasteiger partial charge in [-0.3, -0.25) is 19.4 Å². The number of hydrogen-bond donors (Lipinski definition) is 3. The number of phenols is 1. The molecule has 13 nitrogen and oxygen atoms in total. The van der Waals surface area contributed by atoms with Gasteiger partial charge in [0, 0.05) is 47.4 Å². The van der Waals surface area contributed by atoms with Gasteiger partial charge in [0.2, 0.25) is 12.7 Å². The van der Waals surface area contributed by atoms with Crippen LogP contribution in [0.1, 0.15) is 77.4 Å². The molecule has 2 saturated heterocycles. The molecule has 1 amide bonds. The molecule has 3 N–H and O–H groups in total. The SMILES string of the molecule is CCCC(=O)NC1CS[C@@H]2c3c(OC(C)=O)c(C)c4c(c3[C@H](COC1=O)N1C2[C@H]2c3c(cc(C)c(OC)c3O)C[C@@H]([C@@H]1O)N2C)OCO4. The lowest BCUT2D eigenvalue weighted by atomic mass is 9.73. The molecule has 0 aliphatic carbocycles. The summed E-state index contributed by atoms with van der Waals surface area (Å²) in [6.07, 6.45) is 0.312. The molecule has 6 aliphatic heterocycles. The van der Waals surface area contributed by atoms with Crippen molar-refractivity contribution in [2.45, 2.75) is 88.6 Å². The minimum absolute atomic E-state index is 0.0375. The van der Waals surface area contributed by atoms with Gasteiger partial charge in [-0.25, -0.2) is 4.79 Å². The molecule has 6 aliphatic rings. The number of ether oxygens (including phenoxy) is 5. The van der Waals surface area contributed by atoms with E-state index in [2.05, 4.69) is 10.2 Å². The number of likely N-dealkylation sites (N-methyl/N-ethyl adjacent to an activating group) is 1. The first-order chi connectivity index (χ1) is 23.0. The average Bonchev–Trinajstić information content (AvgIpc) is 3.53. The van der Waals surface area contributed by atoms with E-state index in [0.29, 0.717) is 58.1 Å². The maximum absolute atomic E-state index is 13.5. The third kappa shape index (κ3) is 4.90. The van der Waals surface area contributed by atoms with Crippen LogP contribution < -0.4 is 24.3 Å². The van der Waals surface area contributed by atoms with Crippen molar-refractivity contribution in [3.63, 3.8) is 0 Å². The number of methoxy groups -OCH3 is 1. The number of aryl methyl sites for hydroxylation is 1. The summed E-state index contributed by atoms with van der Waals surface area (Å²) in [5.41, 5.74) is 4.26. The number of amides is 1. The molecular formula is C34H41N3O10S. The van der Waals surface area contributed by atoms with Crippen LogP contribution in [0.5, 0.6) is 28.7 Å². The highest BCUT2D eigenvalue weighted by atomic mass is 32.2. The number of thioether (sulfide) groups is 1. The van der Waals surface area contributed by atoms with Crippen molar-refractivity contribution in [1.29, 1.82) is 0 Å². The molecule has 6 heterocycles. The summed E-state index contributed by atoms with van der Waals surface area (Å²) in [4.78, 5) is 43.0. The lowest BCUT2D eigenvalue weighted by molar-refractivity contribution is -0.184. The van der Waals surface area contributed by atoms with Gasteiger partial charge in [-0.1, -0.05) is 13.0 Å². The summed E-state index contributed by atoms with van der Waals surface area (Å²) in [5, 5.41) is 26.4. The van der Waals surface area contributed by atoms with Crippen LogP contribution in [0.2, 0.25) is 0 Å². The molecule has 48 heavy (non-hydrogen) atoms. The molecule has 2 fully saturated rings. The van der Waals surface area contributed by atoms with Crippen molar-refractivity contribution < 1.29 is 48.3 Å². The van der Waals surface area contributed by atoms with E-state index in [-0.39, 0.29) is 43.3 Å². The van der Waals surface area contributed by atoms with Gasteiger partial charge in [-0.2, -0.15) is 0 Å². The van der Waals surface area contributed by atoms with Crippen molar-refractivity contribution in [2.75, 3.05) is 33.3 Å². The van der Waals surface area contributed by atoms with E-state index in [4.69, 9.17) is 23.7 Å². The topological polar surface area (TPSA) is 156 Å². The number of aromatic hydroxyl groups is 1. The zero-order valence-electron chi connectivity index (χ0n) is 27.8. The van der Waals surface area contributed by atoms with E-state index >= 15 is 0 Å². The molecule has 0 radical (unpaired) electrons. The lowest BCUT2D eigenvalue weighted by Gasteiger charge is -2.62. The number of rotatable bonds is 5. The maximum atomic E-state index is 13.5. The third-order valence-corrected chi connectivity index (χ3v) is 11.7. The monoisotopic (exact) mass is 683 g/mol. The van der Waals surface area contributed by atoms with Crippen LogP contribution in [0, 0.1) is 13.8 Å². The van der Waals surface area contributed by atoms with Crippen molar-refractivity contribution in [3.8, 4) is 28.7 Å². The second-order valence-electron chi connectivity index (χ2n) is 13.1. The Bertz CT molecular complexity index is 1700. The quantitative estimate of drug-likeness (QED) is 0.313. The fourth-order valence-corrected chi connectivity index (χ4v) is 9.88. The minimum Gasteiger partial charge on any atom is -0.504 e. The van der Waals surface area contributed by atoms with Gasteiger partial charge in [0.15, 0.2) is 23.0 Å². The molecular weight excluding hydrogens is 642 g/mol. The van der Waals surface area contributed by atoms with Crippen LogP contribution in [0.4, 0.5) is 0 Å². The Morgan fingerprint density at radius 3 is 2.58 bits per heavy atom. The number of hydrogen-bond acceptors (Lipinski definition) is 13. The van der Waals surface area contributed by atoms with E-state index < -0.39 is 47.6 Å². The molecule has 0 spiro atoms. The summed E-state index contributed by atoms with van der Waals surface area (Å²) >= 11 is 1.40. The number of aliphatic hydroxyl groups is 1. The number of nitrogens with one attached hydrogen (secondary N) is 1. The number of aliphatic hydroxyl groups excluding tert-OH is 1. The number of benzene rings is 2. The van der Waals surface area contributed by atoms with Crippen molar-refractivity contribution in [1.82, 2.24) is 15.1 Å². The Labute approximate surface area is 282 Å². The first-order valence-corrected chi connectivity index (χ1v) is 17.3. The largest absolute Gasteiger partial charge is 0.504 e. The highest BCUT2D eigenvalue weighted by molar-refractivity contribution is 7.99. The van der Waals surface area contributed by atoms with E-state index in [9.17, 15) is 24.6 Å². The number of nitrogens with zero attached hydrogens (tertiary/aromatic N) is 2. The van der Waals surface area contributed by atoms with Crippen LogP contribution in [-0.4, -0.2) is 95.5 Å². The Hall–Kier alpha value is -3.72. The Kier molecular flexibility index (Phi) is 8.41. The Morgan fingerprint density at radius 2 is 1.88 bits per heavy atom. The smallest absolute Gasteiger partial charge is 0.329 e. The highest BCUT2D eigenvalue weighted by Gasteiger charge is 2.60. The summed E-state index contributed by atoms with van der Waals surface area (Å²) in [7, 11) is 3.46. The van der Waals surface area contributed by atoms with Gasteiger partial charge in [0.25, 0.3) is 0 Å². The lowest BCUT2D eigenvalue weighted by Crippen LogP contribution is -2.69. The first kappa shape index (κ1) is 32.8. The molecule has 0 saturated carbocycles. The number of fused-ring (bicyclic) bond motifs is 10. The molecule has 2 aromatic rings. The summed E-state index contributed by atoms with van der Waals surface area (Å²) in [6.45, 7) is 6.67. The molecule has 2 aromatic carbocycles. The van der Waals surface area contributed by atoms with E-state index in [0.717, 1.165) is 11.1 Å². The Balaban J connectivity index is 1.49. The van der Waals surface area contributed by atoms with Gasteiger partial charge in [0.1, 0.15) is 24.6 Å². The number of carbonyl (C=O) groups excluding carboxylic acids is 3. The van der Waals surface area contributed by atoms with Crippen LogP contribution in [0.25, 0.3) is 0 Å². The van der Waals surface area contributed by atoms with E-state index in [1.165, 1.54) is 25.8 Å². The fraction of sp³-hybridized carbons (Fsp3) is 0.559. The number of phenolic OH excluding ortho intramolecular Hbond substituents is 1. The number of carbonyl (C=O) groups is 3. The molecule has 0 aromatic heterocycles. The second kappa shape index (κ2) is 12.3. The average molecular weight is 684 g/mol. The second-order valence-corrected chi connectivity index (χ2v) is 14.3. The van der Waals surface area contributed by atoms with Gasteiger partial charge in [-0.15, -0.1) is 11.8 Å². The van der Waals surface area contributed by atoms with Crippen molar-refractivity contribution in [3.05, 3.63) is 39.4 Å².